The molecule has 0 aliphatic carbocycles. The van der Waals surface area contributed by atoms with E-state index < -0.39 is 0 Å². The molecule has 0 N–H and O–H groups in total. The highest BCUT2D eigenvalue weighted by Crippen LogP contribution is 2.20. The maximum absolute atomic E-state index is 5.76. The van der Waals surface area contributed by atoms with Crippen molar-refractivity contribution in [3.8, 4) is 0 Å². The van der Waals surface area contributed by atoms with E-state index in [0.717, 1.165) is 18.9 Å². The van der Waals surface area contributed by atoms with Crippen LogP contribution >= 0.6 is 0 Å². The molecule has 1 atom stereocenters. The third-order valence-corrected chi connectivity index (χ3v) is 6.84. The monoisotopic (exact) mass is 474 g/mol. The summed E-state index contributed by atoms with van der Waals surface area (Å²) in [5.74, 6) is 0.752. The van der Waals surface area contributed by atoms with Gasteiger partial charge in [0.15, 0.2) is 0 Å². The van der Waals surface area contributed by atoms with Crippen molar-refractivity contribution in [3.63, 3.8) is 0 Å². The lowest BCUT2D eigenvalue weighted by Crippen LogP contribution is -2.08. The Hall–Kier alpha value is -0.980. The maximum Gasteiger partial charge on any atom is 0.0901 e. The molecule has 0 bridgehead atoms. The Morgan fingerprint density at radius 2 is 0.971 bits per heavy atom. The molecular formula is C33H62O. The molecule has 0 radical (unpaired) electrons. The Kier molecular flexibility index (Phi) is 29.2. The van der Waals surface area contributed by atoms with Gasteiger partial charge in [0.2, 0.25) is 0 Å². The average molecular weight is 475 g/mol. The average Bonchev–Trinajstić information content (AvgIpc) is 2.85. The zero-order chi connectivity index (χ0) is 24.8. The van der Waals surface area contributed by atoms with E-state index in [0.29, 0.717) is 0 Å². The van der Waals surface area contributed by atoms with Crippen molar-refractivity contribution in [3.05, 3.63) is 36.6 Å². The normalized spacial score (nSPS) is 13.0. The molecule has 0 saturated carbocycles. The van der Waals surface area contributed by atoms with Gasteiger partial charge in [-0.15, -0.1) is 0 Å². The number of hydrogen-bond acceptors (Lipinski definition) is 1. The van der Waals surface area contributed by atoms with Crippen LogP contribution in [-0.2, 0) is 4.74 Å². The summed E-state index contributed by atoms with van der Waals surface area (Å²) in [7, 11) is 0. The van der Waals surface area contributed by atoms with Gasteiger partial charge < -0.3 is 4.74 Å². The molecule has 0 aliphatic heterocycles. The zero-order valence-electron chi connectivity index (χ0n) is 23.7. The Morgan fingerprint density at radius 1 is 0.529 bits per heavy atom. The van der Waals surface area contributed by atoms with Crippen LogP contribution in [0.15, 0.2) is 36.6 Å². The molecular weight excluding hydrogens is 412 g/mol. The van der Waals surface area contributed by atoms with E-state index >= 15 is 0 Å². The van der Waals surface area contributed by atoms with Gasteiger partial charge in [0, 0.05) is 0 Å². The molecule has 34 heavy (non-hydrogen) atoms. The van der Waals surface area contributed by atoms with Crippen molar-refractivity contribution < 1.29 is 4.74 Å². The van der Waals surface area contributed by atoms with Gasteiger partial charge >= 0.3 is 0 Å². The van der Waals surface area contributed by atoms with Crippen molar-refractivity contribution >= 4 is 0 Å². The number of allylic oxidation sites excluding steroid dienone is 5. The summed E-state index contributed by atoms with van der Waals surface area (Å²) in [6.45, 7) is 7.52. The summed E-state index contributed by atoms with van der Waals surface area (Å²) in [6, 6.07) is 0. The lowest BCUT2D eigenvalue weighted by Gasteiger charge is -2.16. The van der Waals surface area contributed by atoms with Gasteiger partial charge in [-0.2, -0.15) is 0 Å². The van der Waals surface area contributed by atoms with Crippen molar-refractivity contribution in [2.75, 3.05) is 6.61 Å². The van der Waals surface area contributed by atoms with Gasteiger partial charge in [0.1, 0.15) is 0 Å². The van der Waals surface area contributed by atoms with Crippen LogP contribution in [0.5, 0.6) is 0 Å². The molecule has 0 saturated heterocycles. The van der Waals surface area contributed by atoms with E-state index in [4.69, 9.17) is 4.74 Å². The lowest BCUT2D eigenvalue weighted by molar-refractivity contribution is 0.176. The first-order valence-corrected chi connectivity index (χ1v) is 15.4. The topological polar surface area (TPSA) is 9.23 Å². The van der Waals surface area contributed by atoms with E-state index in [1.165, 1.54) is 135 Å². The molecule has 0 aliphatic rings. The fourth-order valence-corrected chi connectivity index (χ4v) is 4.59. The highest BCUT2D eigenvalue weighted by Gasteiger charge is 2.09. The van der Waals surface area contributed by atoms with Crippen LogP contribution < -0.4 is 0 Å². The van der Waals surface area contributed by atoms with Crippen molar-refractivity contribution in [2.45, 2.75) is 162 Å². The second-order valence-corrected chi connectivity index (χ2v) is 10.3. The van der Waals surface area contributed by atoms with Gasteiger partial charge in [0.05, 0.1) is 12.9 Å². The van der Waals surface area contributed by atoms with Crippen molar-refractivity contribution in [2.24, 2.45) is 5.92 Å². The van der Waals surface area contributed by atoms with Crippen LogP contribution in [0.4, 0.5) is 0 Å². The predicted molar refractivity (Wildman–Crippen MR) is 155 cm³/mol. The summed E-state index contributed by atoms with van der Waals surface area (Å²) in [4.78, 5) is 0. The van der Waals surface area contributed by atoms with E-state index in [2.05, 4.69) is 38.2 Å². The van der Waals surface area contributed by atoms with Crippen molar-refractivity contribution in [1.82, 2.24) is 0 Å². The summed E-state index contributed by atoms with van der Waals surface area (Å²) in [5, 5.41) is 0. The first kappa shape index (κ1) is 33.0. The minimum atomic E-state index is 0.752. The highest BCUT2D eigenvalue weighted by molar-refractivity contribution is 4.92. The Labute approximate surface area is 215 Å². The Morgan fingerprint density at radius 3 is 1.50 bits per heavy atom. The second kappa shape index (κ2) is 30.1. The lowest BCUT2D eigenvalue weighted by atomic mass is 9.94. The molecule has 200 valence electrons. The van der Waals surface area contributed by atoms with Gasteiger partial charge in [0.25, 0.3) is 0 Å². The zero-order valence-corrected chi connectivity index (χ0v) is 23.7. The SMILES string of the molecule is C/C=C/OCC(CCCCCCCC/C=C\C/C=C\CCCCC)CCCCCCCCCC. The molecule has 0 fully saturated rings. The Bertz CT molecular complexity index is 447. The second-order valence-electron chi connectivity index (χ2n) is 10.3. The minimum Gasteiger partial charge on any atom is -0.501 e. The molecule has 0 heterocycles. The van der Waals surface area contributed by atoms with Crippen LogP contribution in [0.3, 0.4) is 0 Å². The molecule has 1 nitrogen and oxygen atoms in total. The fraction of sp³-hybridized carbons (Fsp3) is 0.818. The van der Waals surface area contributed by atoms with E-state index in [1.54, 1.807) is 0 Å². The van der Waals surface area contributed by atoms with E-state index in [1.807, 2.05) is 19.3 Å². The number of unbranched alkanes of at least 4 members (excludes halogenated alkanes) is 16. The van der Waals surface area contributed by atoms with Gasteiger partial charge in [-0.05, 0) is 57.8 Å². The molecule has 0 amide bonds. The predicted octanol–water partition coefficient (Wildman–Crippen LogP) is 11.9. The quantitative estimate of drug-likeness (QED) is 0.0653. The fourth-order valence-electron chi connectivity index (χ4n) is 4.59. The van der Waals surface area contributed by atoms with E-state index in [-0.39, 0.29) is 0 Å². The molecule has 1 heteroatoms. The van der Waals surface area contributed by atoms with Crippen molar-refractivity contribution in [1.29, 1.82) is 0 Å². The molecule has 1 unspecified atom stereocenters. The first-order valence-electron chi connectivity index (χ1n) is 15.4. The highest BCUT2D eigenvalue weighted by atomic mass is 16.5. The standard InChI is InChI=1S/C33H62O/c1-4-7-9-11-13-15-16-17-18-19-20-21-22-24-26-28-30-33(32-34-31-6-3)29-27-25-23-14-12-10-8-5-2/h6,13,15,17-18,31,33H,4-5,7-12,14,16,19-30,32H2,1-3H3/b15-13-,18-17-,31-6+. The van der Waals surface area contributed by atoms with Gasteiger partial charge in [-0.3, -0.25) is 0 Å². The third kappa shape index (κ3) is 27.3. The summed E-state index contributed by atoms with van der Waals surface area (Å²) in [5.41, 5.74) is 0. The Balaban J connectivity index is 3.65. The number of rotatable bonds is 27. The third-order valence-electron chi connectivity index (χ3n) is 6.84. The molecule has 0 rings (SSSR count). The van der Waals surface area contributed by atoms with Crippen LogP contribution in [0, 0.1) is 5.92 Å². The largest absolute Gasteiger partial charge is 0.501 e. The van der Waals surface area contributed by atoms with Crippen LogP contribution in [-0.4, -0.2) is 6.61 Å². The molecule has 0 aromatic rings. The molecule has 0 aromatic carbocycles. The van der Waals surface area contributed by atoms with Gasteiger partial charge in [-0.25, -0.2) is 0 Å². The van der Waals surface area contributed by atoms with E-state index in [9.17, 15) is 0 Å². The van der Waals surface area contributed by atoms with Gasteiger partial charge in [-0.1, -0.05) is 141 Å². The summed E-state index contributed by atoms with van der Waals surface area (Å²) < 4.78 is 5.76. The van der Waals surface area contributed by atoms with Crippen LogP contribution in [0.1, 0.15) is 162 Å². The van der Waals surface area contributed by atoms with Crippen LogP contribution in [0.2, 0.25) is 0 Å². The summed E-state index contributed by atoms with van der Waals surface area (Å²) >= 11 is 0. The molecule has 0 spiro atoms. The maximum atomic E-state index is 5.76. The molecule has 0 aromatic heterocycles. The van der Waals surface area contributed by atoms with Crippen LogP contribution in [0.25, 0.3) is 0 Å². The number of hydrogen-bond donors (Lipinski definition) is 0. The first-order chi connectivity index (χ1) is 16.8. The summed E-state index contributed by atoms with van der Waals surface area (Å²) in [6.07, 6.45) is 43.3. The minimum absolute atomic E-state index is 0.752. The smallest absolute Gasteiger partial charge is 0.0901 e. The number of ether oxygens (including phenoxy) is 1.